The maximum Gasteiger partial charge on any atom is 0.0107 e. The van der Waals surface area contributed by atoms with E-state index in [2.05, 4.69) is 44.8 Å². The number of rotatable bonds is 5. The Balaban J connectivity index is 2.14. The van der Waals surface area contributed by atoms with Crippen LogP contribution in [0.4, 0.5) is 0 Å². The van der Waals surface area contributed by atoms with Gasteiger partial charge >= 0.3 is 0 Å². The lowest BCUT2D eigenvalue weighted by molar-refractivity contribution is 0.137. The Hall–Kier alpha value is -0.0800. The second kappa shape index (κ2) is 6.61. The monoisotopic (exact) mass is 226 g/mol. The van der Waals surface area contributed by atoms with Crippen LogP contribution < -0.4 is 5.32 Å². The van der Waals surface area contributed by atoms with Crippen LogP contribution in [-0.4, -0.2) is 37.1 Å². The van der Waals surface area contributed by atoms with Gasteiger partial charge in [0.15, 0.2) is 0 Å². The first-order chi connectivity index (χ1) is 7.50. The van der Waals surface area contributed by atoms with Gasteiger partial charge in [0.05, 0.1) is 0 Å². The molecule has 1 saturated heterocycles. The van der Waals surface area contributed by atoms with Crippen LogP contribution in [0, 0.1) is 17.8 Å². The average Bonchev–Trinajstić information content (AvgIpc) is 2.23. The number of likely N-dealkylation sites (tertiary alicyclic amines) is 1. The minimum absolute atomic E-state index is 0.640. The number of piperidine rings is 1. The van der Waals surface area contributed by atoms with E-state index in [4.69, 9.17) is 0 Å². The van der Waals surface area contributed by atoms with Crippen LogP contribution in [0.1, 0.15) is 41.0 Å². The highest BCUT2D eigenvalue weighted by atomic mass is 15.1. The fourth-order valence-corrected chi connectivity index (χ4v) is 2.24. The van der Waals surface area contributed by atoms with E-state index in [1.165, 1.54) is 26.1 Å². The molecule has 1 heterocycles. The van der Waals surface area contributed by atoms with Crippen molar-refractivity contribution in [1.29, 1.82) is 0 Å². The summed E-state index contributed by atoms with van der Waals surface area (Å²) in [6.07, 6.45) is 1.38. The first-order valence-corrected chi connectivity index (χ1v) is 6.96. The fourth-order valence-electron chi connectivity index (χ4n) is 2.24. The van der Waals surface area contributed by atoms with Crippen molar-refractivity contribution < 1.29 is 0 Å². The lowest BCUT2D eigenvalue weighted by Gasteiger charge is -2.35. The van der Waals surface area contributed by atoms with Crippen molar-refractivity contribution in [1.82, 2.24) is 10.2 Å². The van der Waals surface area contributed by atoms with Crippen LogP contribution in [0.3, 0.4) is 0 Å². The molecule has 2 heteroatoms. The van der Waals surface area contributed by atoms with Crippen molar-refractivity contribution in [2.45, 2.75) is 47.1 Å². The number of nitrogens with zero attached hydrogens (tertiary/aromatic N) is 1. The number of nitrogens with one attached hydrogen (secondary N) is 1. The molecule has 0 bridgehead atoms. The topological polar surface area (TPSA) is 15.3 Å². The summed E-state index contributed by atoms with van der Waals surface area (Å²) in [6.45, 7) is 16.6. The van der Waals surface area contributed by atoms with E-state index in [0.29, 0.717) is 6.04 Å². The molecule has 0 aromatic rings. The highest BCUT2D eigenvalue weighted by Gasteiger charge is 2.22. The Bertz CT molecular complexity index is 191. The molecule has 16 heavy (non-hydrogen) atoms. The quantitative estimate of drug-likeness (QED) is 0.775. The molecule has 1 aliphatic rings. The fraction of sp³-hybridized carbons (Fsp3) is 1.00. The third-order valence-electron chi connectivity index (χ3n) is 4.31. The average molecular weight is 226 g/mol. The summed E-state index contributed by atoms with van der Waals surface area (Å²) in [4.78, 5) is 2.62. The third kappa shape index (κ3) is 4.42. The van der Waals surface area contributed by atoms with Gasteiger partial charge < -0.3 is 10.2 Å². The van der Waals surface area contributed by atoms with E-state index in [0.717, 1.165) is 24.3 Å². The molecule has 1 rings (SSSR count). The maximum atomic E-state index is 3.61. The molecule has 1 N–H and O–H groups in total. The van der Waals surface area contributed by atoms with Crippen LogP contribution in [0.2, 0.25) is 0 Å². The molecule has 2 nitrogen and oxygen atoms in total. The van der Waals surface area contributed by atoms with Gasteiger partial charge in [0, 0.05) is 25.7 Å². The molecule has 1 aliphatic heterocycles. The lowest BCUT2D eigenvalue weighted by atomic mass is 9.89. The summed E-state index contributed by atoms with van der Waals surface area (Å²) in [6, 6.07) is 0.640. The second-order valence-corrected chi connectivity index (χ2v) is 6.03. The molecular weight excluding hydrogens is 196 g/mol. The van der Waals surface area contributed by atoms with E-state index in [1.807, 2.05) is 0 Å². The molecule has 96 valence electrons. The highest BCUT2D eigenvalue weighted by molar-refractivity contribution is 4.76. The molecule has 0 amide bonds. The molecule has 1 fully saturated rings. The van der Waals surface area contributed by atoms with Gasteiger partial charge in [-0.25, -0.2) is 0 Å². The van der Waals surface area contributed by atoms with Gasteiger partial charge in [-0.2, -0.15) is 0 Å². The standard InChI is InChI=1S/C14H30N2/c1-11(2)14(5)15-7-9-16-8-6-12(3)13(4)10-16/h11-15H,6-10H2,1-5H3. The summed E-state index contributed by atoms with van der Waals surface area (Å²) in [5, 5.41) is 3.61. The third-order valence-corrected chi connectivity index (χ3v) is 4.31. The van der Waals surface area contributed by atoms with Crippen LogP contribution in [-0.2, 0) is 0 Å². The van der Waals surface area contributed by atoms with E-state index < -0.39 is 0 Å². The number of hydrogen-bond donors (Lipinski definition) is 1. The smallest absolute Gasteiger partial charge is 0.0107 e. The Kier molecular flexibility index (Phi) is 5.77. The second-order valence-electron chi connectivity index (χ2n) is 6.03. The summed E-state index contributed by atoms with van der Waals surface area (Å²) in [5.74, 6) is 2.52. The zero-order valence-electron chi connectivity index (χ0n) is 11.8. The van der Waals surface area contributed by atoms with Gasteiger partial charge in [0.25, 0.3) is 0 Å². The van der Waals surface area contributed by atoms with Gasteiger partial charge in [-0.05, 0) is 37.6 Å². The molecule has 0 saturated carbocycles. The molecule has 0 aromatic carbocycles. The Morgan fingerprint density at radius 1 is 1.19 bits per heavy atom. The molecule has 3 unspecified atom stereocenters. The van der Waals surface area contributed by atoms with E-state index in [9.17, 15) is 0 Å². The van der Waals surface area contributed by atoms with Crippen molar-refractivity contribution >= 4 is 0 Å². The predicted molar refractivity (Wildman–Crippen MR) is 71.7 cm³/mol. The van der Waals surface area contributed by atoms with Gasteiger partial charge in [-0.15, -0.1) is 0 Å². The van der Waals surface area contributed by atoms with Crippen molar-refractivity contribution in [2.75, 3.05) is 26.2 Å². The zero-order chi connectivity index (χ0) is 12.1. The van der Waals surface area contributed by atoms with Crippen LogP contribution >= 0.6 is 0 Å². The molecular formula is C14H30N2. The van der Waals surface area contributed by atoms with Crippen LogP contribution in [0.15, 0.2) is 0 Å². The van der Waals surface area contributed by atoms with E-state index >= 15 is 0 Å². The van der Waals surface area contributed by atoms with Crippen LogP contribution in [0.25, 0.3) is 0 Å². The van der Waals surface area contributed by atoms with Crippen molar-refractivity contribution in [3.05, 3.63) is 0 Å². The molecule has 0 spiro atoms. The Morgan fingerprint density at radius 3 is 2.44 bits per heavy atom. The van der Waals surface area contributed by atoms with Crippen molar-refractivity contribution in [3.63, 3.8) is 0 Å². The van der Waals surface area contributed by atoms with Gasteiger partial charge in [0.2, 0.25) is 0 Å². The molecule has 0 aliphatic carbocycles. The first-order valence-electron chi connectivity index (χ1n) is 6.96. The highest BCUT2D eigenvalue weighted by Crippen LogP contribution is 2.21. The van der Waals surface area contributed by atoms with E-state index in [-0.39, 0.29) is 0 Å². The SMILES string of the molecule is CC(C)C(C)NCCN1CCC(C)C(C)C1. The largest absolute Gasteiger partial charge is 0.313 e. The summed E-state index contributed by atoms with van der Waals surface area (Å²) < 4.78 is 0. The lowest BCUT2D eigenvalue weighted by Crippen LogP contribution is -2.43. The Labute approximate surface area is 102 Å². The van der Waals surface area contributed by atoms with Gasteiger partial charge in [-0.1, -0.05) is 27.7 Å². The zero-order valence-corrected chi connectivity index (χ0v) is 11.8. The summed E-state index contributed by atoms with van der Waals surface area (Å²) in [7, 11) is 0. The van der Waals surface area contributed by atoms with Crippen LogP contribution in [0.5, 0.6) is 0 Å². The van der Waals surface area contributed by atoms with Gasteiger partial charge in [-0.3, -0.25) is 0 Å². The summed E-state index contributed by atoms with van der Waals surface area (Å²) in [5.41, 5.74) is 0. The maximum absolute atomic E-state index is 3.61. The molecule has 3 atom stereocenters. The molecule has 0 radical (unpaired) electrons. The number of hydrogen-bond acceptors (Lipinski definition) is 2. The predicted octanol–water partition coefficient (Wildman–Crippen LogP) is 2.60. The van der Waals surface area contributed by atoms with Crippen molar-refractivity contribution in [2.24, 2.45) is 17.8 Å². The Morgan fingerprint density at radius 2 is 1.88 bits per heavy atom. The summed E-state index contributed by atoms with van der Waals surface area (Å²) >= 11 is 0. The minimum Gasteiger partial charge on any atom is -0.313 e. The normalized spacial score (nSPS) is 29.6. The molecule has 0 aromatic heterocycles. The first kappa shape index (κ1) is 14.0. The van der Waals surface area contributed by atoms with E-state index in [1.54, 1.807) is 0 Å². The minimum atomic E-state index is 0.640. The van der Waals surface area contributed by atoms with Gasteiger partial charge in [0.1, 0.15) is 0 Å². The van der Waals surface area contributed by atoms with Crippen molar-refractivity contribution in [3.8, 4) is 0 Å².